The van der Waals surface area contributed by atoms with Crippen molar-refractivity contribution >= 4 is 29.9 Å². The number of halogens is 1. The van der Waals surface area contributed by atoms with Crippen LogP contribution in [0.2, 0.25) is 0 Å². The first-order valence-corrected chi connectivity index (χ1v) is 10.9. The number of fused-ring (bicyclic) bond motifs is 1. The number of aliphatic imine (C=N–C) groups is 1. The van der Waals surface area contributed by atoms with E-state index in [2.05, 4.69) is 51.8 Å². The number of guanidine groups is 1. The number of aryl methyl sites for hydroxylation is 2. The molecule has 2 aromatic heterocycles. The molecule has 172 valence electrons. The molecule has 0 radical (unpaired) electrons. The van der Waals surface area contributed by atoms with Crippen molar-refractivity contribution < 1.29 is 0 Å². The number of nitrogens with zero attached hydrogens (tertiary/aromatic N) is 7. The minimum atomic E-state index is 0. The van der Waals surface area contributed by atoms with Gasteiger partial charge >= 0.3 is 0 Å². The molecular weight excluding hydrogens is 517 g/mol. The fourth-order valence-corrected chi connectivity index (χ4v) is 3.56. The minimum absolute atomic E-state index is 0. The maximum absolute atomic E-state index is 4.82. The molecule has 9 nitrogen and oxygen atoms in total. The monoisotopic (exact) mass is 549 g/mol. The van der Waals surface area contributed by atoms with Crippen molar-refractivity contribution in [2.75, 3.05) is 0 Å². The van der Waals surface area contributed by atoms with Crippen LogP contribution in [0.15, 0.2) is 35.3 Å². The van der Waals surface area contributed by atoms with E-state index in [1.54, 1.807) is 0 Å². The van der Waals surface area contributed by atoms with Gasteiger partial charge in [0.2, 0.25) is 0 Å². The molecule has 1 unspecified atom stereocenters. The molecule has 32 heavy (non-hydrogen) atoms. The van der Waals surface area contributed by atoms with E-state index in [0.29, 0.717) is 19.0 Å². The summed E-state index contributed by atoms with van der Waals surface area (Å²) in [5.41, 5.74) is 1.17. The zero-order valence-electron chi connectivity index (χ0n) is 19.1. The van der Waals surface area contributed by atoms with Gasteiger partial charge in [0.25, 0.3) is 0 Å². The SMILES string of the molecule is Cc1nnc(CNC(=NCc2ccccc2)NC2CCc3nc(C(C)C)nn3C2)n1C.I. The summed E-state index contributed by atoms with van der Waals surface area (Å²) < 4.78 is 4.02. The molecule has 3 aromatic rings. The van der Waals surface area contributed by atoms with E-state index in [-0.39, 0.29) is 30.0 Å². The van der Waals surface area contributed by atoms with E-state index in [1.807, 2.05) is 41.4 Å². The van der Waals surface area contributed by atoms with Crippen molar-refractivity contribution in [1.29, 1.82) is 0 Å². The highest BCUT2D eigenvalue weighted by atomic mass is 127. The first kappa shape index (κ1) is 24.1. The Hall–Kier alpha value is -2.50. The summed E-state index contributed by atoms with van der Waals surface area (Å²) in [6.07, 6.45) is 1.90. The van der Waals surface area contributed by atoms with E-state index in [9.17, 15) is 0 Å². The highest BCUT2D eigenvalue weighted by Crippen LogP contribution is 2.17. The van der Waals surface area contributed by atoms with Crippen molar-refractivity contribution in [3.05, 3.63) is 59.2 Å². The van der Waals surface area contributed by atoms with Crippen LogP contribution in [0.1, 0.15) is 55.0 Å². The van der Waals surface area contributed by atoms with Crippen molar-refractivity contribution in [2.24, 2.45) is 12.0 Å². The number of aromatic nitrogens is 6. The van der Waals surface area contributed by atoms with Crippen molar-refractivity contribution in [1.82, 2.24) is 40.2 Å². The van der Waals surface area contributed by atoms with Gasteiger partial charge in [-0.3, -0.25) is 0 Å². The Labute approximate surface area is 206 Å². The maximum Gasteiger partial charge on any atom is 0.192 e. The molecule has 0 spiro atoms. The van der Waals surface area contributed by atoms with Crippen LogP contribution < -0.4 is 10.6 Å². The number of benzene rings is 1. The molecule has 0 aliphatic carbocycles. The Bertz CT molecular complexity index is 1040. The number of rotatable bonds is 6. The van der Waals surface area contributed by atoms with Crippen LogP contribution in [0.25, 0.3) is 0 Å². The third-order valence-corrected chi connectivity index (χ3v) is 5.59. The van der Waals surface area contributed by atoms with Crippen LogP contribution in [-0.2, 0) is 33.1 Å². The molecule has 0 amide bonds. The van der Waals surface area contributed by atoms with Crippen molar-refractivity contribution in [2.45, 2.75) is 65.2 Å². The summed E-state index contributed by atoms with van der Waals surface area (Å²) in [4.78, 5) is 9.51. The van der Waals surface area contributed by atoms with Gasteiger partial charge in [0.15, 0.2) is 17.6 Å². The fourth-order valence-electron chi connectivity index (χ4n) is 3.56. The topological polar surface area (TPSA) is 97.8 Å². The molecule has 0 fully saturated rings. The van der Waals surface area contributed by atoms with Gasteiger partial charge in [-0.25, -0.2) is 14.7 Å². The number of hydrogen-bond acceptors (Lipinski definition) is 5. The van der Waals surface area contributed by atoms with Gasteiger partial charge in [-0.2, -0.15) is 5.10 Å². The summed E-state index contributed by atoms with van der Waals surface area (Å²) in [5.74, 6) is 4.86. The molecule has 4 rings (SSSR count). The fraction of sp³-hybridized carbons (Fsp3) is 0.500. The summed E-state index contributed by atoms with van der Waals surface area (Å²) >= 11 is 0. The third kappa shape index (κ3) is 5.84. The highest BCUT2D eigenvalue weighted by molar-refractivity contribution is 14.0. The average Bonchev–Trinajstić information content (AvgIpc) is 3.34. The van der Waals surface area contributed by atoms with E-state index in [4.69, 9.17) is 10.1 Å². The second kappa shape index (κ2) is 10.9. The standard InChI is InChI=1S/C22H31N9.HI/c1-15(2)21-26-19-11-10-18(14-31(19)29-21)25-22(23-12-17-8-6-5-7-9-17)24-13-20-28-27-16(3)30(20)4;/h5-9,15,18H,10-14H2,1-4H3,(H2,23,24,25);1H. The molecule has 0 saturated heterocycles. The molecule has 10 heteroatoms. The van der Waals surface area contributed by atoms with Gasteiger partial charge in [0.1, 0.15) is 11.6 Å². The van der Waals surface area contributed by atoms with E-state index >= 15 is 0 Å². The van der Waals surface area contributed by atoms with Gasteiger partial charge < -0.3 is 15.2 Å². The Morgan fingerprint density at radius 1 is 1.22 bits per heavy atom. The molecule has 3 heterocycles. The van der Waals surface area contributed by atoms with Gasteiger partial charge in [-0.15, -0.1) is 34.2 Å². The van der Waals surface area contributed by atoms with Gasteiger partial charge in [0, 0.05) is 25.4 Å². The second-order valence-corrected chi connectivity index (χ2v) is 8.33. The van der Waals surface area contributed by atoms with Crippen LogP contribution >= 0.6 is 24.0 Å². The van der Waals surface area contributed by atoms with Crippen LogP contribution in [0.4, 0.5) is 0 Å². The first-order valence-electron chi connectivity index (χ1n) is 10.9. The number of hydrogen-bond donors (Lipinski definition) is 2. The predicted molar refractivity (Wildman–Crippen MR) is 135 cm³/mol. The lowest BCUT2D eigenvalue weighted by Gasteiger charge is -2.25. The molecular formula is C22H32IN9. The Balaban J connectivity index is 0.00000289. The number of nitrogens with one attached hydrogen (secondary N) is 2. The molecule has 0 bridgehead atoms. The third-order valence-electron chi connectivity index (χ3n) is 5.59. The van der Waals surface area contributed by atoms with E-state index in [1.165, 1.54) is 5.56 Å². The summed E-state index contributed by atoms with van der Waals surface area (Å²) in [6.45, 7) is 8.14. The Kier molecular flexibility index (Phi) is 8.21. The smallest absolute Gasteiger partial charge is 0.192 e. The molecule has 2 N–H and O–H groups in total. The molecule has 1 aliphatic heterocycles. The average molecular weight is 549 g/mol. The van der Waals surface area contributed by atoms with E-state index < -0.39 is 0 Å². The van der Waals surface area contributed by atoms with Crippen LogP contribution in [0.5, 0.6) is 0 Å². The quantitative estimate of drug-likeness (QED) is 0.279. The van der Waals surface area contributed by atoms with Crippen molar-refractivity contribution in [3.63, 3.8) is 0 Å². The largest absolute Gasteiger partial charge is 0.352 e. The molecule has 1 aliphatic rings. The normalized spacial score (nSPS) is 15.9. The zero-order valence-corrected chi connectivity index (χ0v) is 21.4. The minimum Gasteiger partial charge on any atom is -0.352 e. The lowest BCUT2D eigenvalue weighted by atomic mass is 10.1. The van der Waals surface area contributed by atoms with Gasteiger partial charge in [-0.1, -0.05) is 44.2 Å². The predicted octanol–water partition coefficient (Wildman–Crippen LogP) is 2.71. The Morgan fingerprint density at radius 2 is 2.00 bits per heavy atom. The molecule has 1 atom stereocenters. The summed E-state index contributed by atoms with van der Waals surface area (Å²) in [6, 6.07) is 10.5. The lowest BCUT2D eigenvalue weighted by molar-refractivity contribution is 0.391. The summed E-state index contributed by atoms with van der Waals surface area (Å²) in [7, 11) is 1.97. The summed E-state index contributed by atoms with van der Waals surface area (Å²) in [5, 5.41) is 20.1. The van der Waals surface area contributed by atoms with Crippen LogP contribution in [0, 0.1) is 6.92 Å². The van der Waals surface area contributed by atoms with Gasteiger partial charge in [0.05, 0.1) is 19.6 Å². The lowest BCUT2D eigenvalue weighted by Crippen LogP contribution is -2.47. The van der Waals surface area contributed by atoms with Crippen molar-refractivity contribution in [3.8, 4) is 0 Å². The first-order chi connectivity index (χ1) is 15.0. The second-order valence-electron chi connectivity index (χ2n) is 8.33. The van der Waals surface area contributed by atoms with E-state index in [0.717, 1.165) is 48.6 Å². The Morgan fingerprint density at radius 3 is 2.69 bits per heavy atom. The highest BCUT2D eigenvalue weighted by Gasteiger charge is 2.23. The maximum atomic E-state index is 4.82. The molecule has 1 aromatic carbocycles. The van der Waals surface area contributed by atoms with Gasteiger partial charge in [-0.05, 0) is 18.9 Å². The van der Waals surface area contributed by atoms with Crippen LogP contribution in [-0.4, -0.2) is 41.5 Å². The molecule has 0 saturated carbocycles. The zero-order chi connectivity index (χ0) is 21.8. The van der Waals surface area contributed by atoms with Crippen LogP contribution in [0.3, 0.4) is 0 Å².